The SMILES string of the molecule is O=C(O)c1ccc(F)cc1-c1nccs1. The maximum absolute atomic E-state index is 13.0. The Hall–Kier alpha value is -1.75. The van der Waals surface area contributed by atoms with Gasteiger partial charge in [0.25, 0.3) is 0 Å². The second kappa shape index (κ2) is 3.78. The second-order valence-corrected chi connectivity index (χ2v) is 3.73. The highest BCUT2D eigenvalue weighted by Gasteiger charge is 2.14. The van der Waals surface area contributed by atoms with E-state index in [9.17, 15) is 9.18 Å². The van der Waals surface area contributed by atoms with Crippen molar-refractivity contribution in [1.29, 1.82) is 0 Å². The van der Waals surface area contributed by atoms with Gasteiger partial charge in [-0.25, -0.2) is 14.2 Å². The van der Waals surface area contributed by atoms with Crippen LogP contribution in [-0.2, 0) is 0 Å². The van der Waals surface area contributed by atoms with Gasteiger partial charge in [-0.1, -0.05) is 0 Å². The molecule has 0 saturated heterocycles. The number of carbonyl (C=O) groups is 1. The summed E-state index contributed by atoms with van der Waals surface area (Å²) in [4.78, 5) is 14.8. The molecule has 1 aromatic heterocycles. The van der Waals surface area contributed by atoms with Gasteiger partial charge >= 0.3 is 5.97 Å². The Morgan fingerprint density at radius 2 is 2.27 bits per heavy atom. The lowest BCUT2D eigenvalue weighted by molar-refractivity contribution is 0.0697. The van der Waals surface area contributed by atoms with Crippen LogP contribution in [-0.4, -0.2) is 16.1 Å². The molecule has 0 radical (unpaired) electrons. The van der Waals surface area contributed by atoms with Crippen LogP contribution in [0.2, 0.25) is 0 Å². The average molecular weight is 223 g/mol. The zero-order chi connectivity index (χ0) is 10.8. The quantitative estimate of drug-likeness (QED) is 0.851. The summed E-state index contributed by atoms with van der Waals surface area (Å²) in [5, 5.41) is 11.1. The summed E-state index contributed by atoms with van der Waals surface area (Å²) >= 11 is 1.28. The van der Waals surface area contributed by atoms with Crippen molar-refractivity contribution in [3.63, 3.8) is 0 Å². The van der Waals surface area contributed by atoms with Crippen molar-refractivity contribution in [2.75, 3.05) is 0 Å². The van der Waals surface area contributed by atoms with Gasteiger partial charge in [-0.2, -0.15) is 0 Å². The van der Waals surface area contributed by atoms with Crippen LogP contribution in [0.4, 0.5) is 4.39 Å². The van der Waals surface area contributed by atoms with Gasteiger partial charge in [0.05, 0.1) is 5.56 Å². The van der Waals surface area contributed by atoms with Crippen LogP contribution in [0.5, 0.6) is 0 Å². The van der Waals surface area contributed by atoms with E-state index < -0.39 is 11.8 Å². The van der Waals surface area contributed by atoms with Gasteiger partial charge in [-0.05, 0) is 18.2 Å². The molecule has 0 amide bonds. The first kappa shape index (κ1) is 9.79. The molecule has 1 aromatic carbocycles. The molecule has 0 atom stereocenters. The number of nitrogens with zero attached hydrogens (tertiary/aromatic N) is 1. The number of thiazole rings is 1. The number of aromatic nitrogens is 1. The van der Waals surface area contributed by atoms with Crippen LogP contribution in [0.3, 0.4) is 0 Å². The molecule has 2 aromatic rings. The molecule has 15 heavy (non-hydrogen) atoms. The average Bonchev–Trinajstić information content (AvgIpc) is 2.69. The molecule has 5 heteroatoms. The molecule has 0 spiro atoms. The molecule has 0 bridgehead atoms. The lowest BCUT2D eigenvalue weighted by Gasteiger charge is -2.02. The summed E-state index contributed by atoms with van der Waals surface area (Å²) in [6.07, 6.45) is 1.55. The topological polar surface area (TPSA) is 50.2 Å². The number of hydrogen-bond donors (Lipinski definition) is 1. The molecule has 1 N–H and O–H groups in total. The minimum atomic E-state index is -1.08. The maximum atomic E-state index is 13.0. The van der Waals surface area contributed by atoms with E-state index in [1.807, 2.05) is 0 Å². The van der Waals surface area contributed by atoms with Gasteiger partial charge in [0.1, 0.15) is 10.8 Å². The third kappa shape index (κ3) is 1.87. The lowest BCUT2D eigenvalue weighted by Crippen LogP contribution is -1.99. The van der Waals surface area contributed by atoms with E-state index >= 15 is 0 Å². The smallest absolute Gasteiger partial charge is 0.336 e. The van der Waals surface area contributed by atoms with Crippen LogP contribution in [0, 0.1) is 5.82 Å². The fourth-order valence-electron chi connectivity index (χ4n) is 1.24. The zero-order valence-electron chi connectivity index (χ0n) is 7.48. The minimum absolute atomic E-state index is 0.0614. The van der Waals surface area contributed by atoms with E-state index in [2.05, 4.69) is 4.98 Å². The molecule has 0 saturated carbocycles. The van der Waals surface area contributed by atoms with Crippen LogP contribution in [0.15, 0.2) is 29.8 Å². The van der Waals surface area contributed by atoms with Gasteiger partial charge in [0.15, 0.2) is 0 Å². The van der Waals surface area contributed by atoms with E-state index in [1.54, 1.807) is 11.6 Å². The molecule has 0 aliphatic heterocycles. The van der Waals surface area contributed by atoms with Crippen LogP contribution in [0.1, 0.15) is 10.4 Å². The largest absolute Gasteiger partial charge is 0.478 e. The molecule has 0 aliphatic rings. The lowest BCUT2D eigenvalue weighted by atomic mass is 10.1. The van der Waals surface area contributed by atoms with Gasteiger partial charge in [-0.3, -0.25) is 0 Å². The highest BCUT2D eigenvalue weighted by Crippen LogP contribution is 2.26. The Labute approximate surface area is 88.8 Å². The van der Waals surface area contributed by atoms with Gasteiger partial charge in [-0.15, -0.1) is 11.3 Å². The monoisotopic (exact) mass is 223 g/mol. The highest BCUT2D eigenvalue weighted by atomic mass is 32.1. The predicted octanol–water partition coefficient (Wildman–Crippen LogP) is 2.65. The molecule has 0 fully saturated rings. The van der Waals surface area contributed by atoms with E-state index in [0.29, 0.717) is 10.6 Å². The Morgan fingerprint density at radius 1 is 1.47 bits per heavy atom. The summed E-state index contributed by atoms with van der Waals surface area (Å²) in [5.41, 5.74) is 0.379. The molecule has 1 heterocycles. The minimum Gasteiger partial charge on any atom is -0.478 e. The second-order valence-electron chi connectivity index (χ2n) is 2.83. The van der Waals surface area contributed by atoms with Crippen LogP contribution >= 0.6 is 11.3 Å². The Kier molecular flexibility index (Phi) is 2.47. The van der Waals surface area contributed by atoms with E-state index in [-0.39, 0.29) is 5.56 Å². The molecular formula is C10H6FNO2S. The van der Waals surface area contributed by atoms with Crippen molar-refractivity contribution < 1.29 is 14.3 Å². The summed E-state index contributed by atoms with van der Waals surface area (Å²) in [6, 6.07) is 3.55. The van der Waals surface area contributed by atoms with E-state index in [4.69, 9.17) is 5.11 Å². The first-order chi connectivity index (χ1) is 7.18. The highest BCUT2D eigenvalue weighted by molar-refractivity contribution is 7.13. The van der Waals surface area contributed by atoms with Gasteiger partial charge < -0.3 is 5.11 Å². The van der Waals surface area contributed by atoms with Crippen molar-refractivity contribution in [2.45, 2.75) is 0 Å². The molecular weight excluding hydrogens is 217 g/mol. The summed E-state index contributed by atoms with van der Waals surface area (Å²) < 4.78 is 13.0. The van der Waals surface area contributed by atoms with Crippen LogP contribution < -0.4 is 0 Å². The van der Waals surface area contributed by atoms with Crippen molar-refractivity contribution in [1.82, 2.24) is 4.98 Å². The zero-order valence-corrected chi connectivity index (χ0v) is 8.29. The molecule has 0 unspecified atom stereocenters. The maximum Gasteiger partial charge on any atom is 0.336 e. The van der Waals surface area contributed by atoms with Crippen molar-refractivity contribution >= 4 is 17.3 Å². The fraction of sp³-hybridized carbons (Fsp3) is 0. The van der Waals surface area contributed by atoms with E-state index in [0.717, 1.165) is 6.07 Å². The number of aromatic carboxylic acids is 1. The Morgan fingerprint density at radius 3 is 2.87 bits per heavy atom. The normalized spacial score (nSPS) is 10.2. The molecule has 0 aliphatic carbocycles. The molecule has 76 valence electrons. The van der Waals surface area contributed by atoms with E-state index in [1.165, 1.54) is 23.5 Å². The number of carboxylic acid groups (broad SMARTS) is 1. The van der Waals surface area contributed by atoms with Gasteiger partial charge in [0, 0.05) is 17.1 Å². The van der Waals surface area contributed by atoms with Crippen molar-refractivity contribution in [3.8, 4) is 10.6 Å². The Bertz CT molecular complexity index is 496. The predicted molar refractivity (Wildman–Crippen MR) is 54.5 cm³/mol. The third-order valence-corrected chi connectivity index (χ3v) is 2.68. The Balaban J connectivity index is 2.63. The number of rotatable bonds is 2. The first-order valence-corrected chi connectivity index (χ1v) is 4.99. The summed E-state index contributed by atoms with van der Waals surface area (Å²) in [5.74, 6) is -1.55. The summed E-state index contributed by atoms with van der Waals surface area (Å²) in [6.45, 7) is 0. The number of halogens is 1. The number of carboxylic acids is 1. The van der Waals surface area contributed by atoms with Crippen molar-refractivity contribution in [2.24, 2.45) is 0 Å². The van der Waals surface area contributed by atoms with Gasteiger partial charge in [0.2, 0.25) is 0 Å². The molecule has 2 rings (SSSR count). The van der Waals surface area contributed by atoms with Crippen molar-refractivity contribution in [3.05, 3.63) is 41.2 Å². The number of benzene rings is 1. The standard InChI is InChI=1S/C10H6FNO2S/c11-6-1-2-7(10(13)14)8(5-6)9-12-3-4-15-9/h1-5H,(H,13,14). The third-order valence-electron chi connectivity index (χ3n) is 1.87. The first-order valence-electron chi connectivity index (χ1n) is 4.11. The fourth-order valence-corrected chi connectivity index (χ4v) is 1.90. The molecule has 3 nitrogen and oxygen atoms in total. The summed E-state index contributed by atoms with van der Waals surface area (Å²) in [7, 11) is 0. The number of hydrogen-bond acceptors (Lipinski definition) is 3. The van der Waals surface area contributed by atoms with Crippen LogP contribution in [0.25, 0.3) is 10.6 Å².